The number of hydrogen-bond donors (Lipinski definition) is 1. The van der Waals surface area contributed by atoms with Crippen LogP contribution >= 0.6 is 0 Å². The van der Waals surface area contributed by atoms with E-state index in [0.717, 1.165) is 11.1 Å². The van der Waals surface area contributed by atoms with Gasteiger partial charge in [-0.05, 0) is 74.0 Å². The molecule has 82 heavy (non-hydrogen) atoms. The zero-order valence-corrected chi connectivity index (χ0v) is 44.2. The summed E-state index contributed by atoms with van der Waals surface area (Å²) < 4.78 is 43.9. The molecule has 0 fully saturated rings. The second-order valence-electron chi connectivity index (χ2n) is 16.4. The first-order chi connectivity index (χ1) is 40.1. The second-order valence-corrected chi connectivity index (χ2v) is 16.4. The van der Waals surface area contributed by atoms with Crippen molar-refractivity contribution in [3.8, 4) is 88.0 Å². The van der Waals surface area contributed by atoms with E-state index in [1.54, 1.807) is 127 Å². The SMILES string of the molecule is C/C=C(/C)c1ccccc1Oc1cc(Oc2ccccc2C#N)ncn1.COC(=O)/C(=C/O)c1ccccc1Oc1cc(Oc2ccccc2C#N)ncn1.COC(=O)Cc1ccccc1Oc1cc(Oc2ccccc2C#N)ncn1. The van der Waals surface area contributed by atoms with Gasteiger partial charge >= 0.3 is 11.9 Å². The average Bonchev–Trinajstić information content (AvgIpc) is 3.57. The van der Waals surface area contributed by atoms with Gasteiger partial charge in [0.25, 0.3) is 0 Å². The summed E-state index contributed by atoms with van der Waals surface area (Å²) in [6, 6.07) is 52.7. The van der Waals surface area contributed by atoms with Gasteiger partial charge in [-0.25, -0.2) is 34.7 Å². The van der Waals surface area contributed by atoms with Crippen molar-refractivity contribution >= 4 is 23.1 Å². The number of aromatic nitrogens is 6. The van der Waals surface area contributed by atoms with E-state index in [-0.39, 0.29) is 47.2 Å². The zero-order chi connectivity index (χ0) is 58.1. The number of ether oxygens (including phenoxy) is 8. The monoisotopic (exact) mass is 1090 g/mol. The highest BCUT2D eigenvalue weighted by Gasteiger charge is 2.19. The van der Waals surface area contributed by atoms with E-state index >= 15 is 0 Å². The lowest BCUT2D eigenvalue weighted by Gasteiger charge is -2.12. The number of carbonyl (C=O) groups is 2. The molecule has 0 radical (unpaired) electrons. The molecule has 20 nitrogen and oxygen atoms in total. The Balaban J connectivity index is 0.000000177. The molecule has 1 N–H and O–H groups in total. The smallest absolute Gasteiger partial charge is 0.341 e. The van der Waals surface area contributed by atoms with Gasteiger partial charge in [0, 0.05) is 16.7 Å². The quantitative estimate of drug-likeness (QED) is 0.0504. The maximum Gasteiger partial charge on any atom is 0.341 e. The minimum atomic E-state index is -0.719. The zero-order valence-electron chi connectivity index (χ0n) is 44.2. The van der Waals surface area contributed by atoms with E-state index in [4.69, 9.17) is 48.9 Å². The fourth-order valence-electron chi connectivity index (χ4n) is 7.06. The fraction of sp³-hybridized carbons (Fsp3) is 0.0806. The summed E-state index contributed by atoms with van der Waals surface area (Å²) in [6.07, 6.45) is 6.66. The number of aliphatic hydroxyl groups excluding tert-OH is 1. The topological polar surface area (TPSA) is 277 Å². The molecule has 0 aliphatic carbocycles. The normalized spacial score (nSPS) is 10.5. The van der Waals surface area contributed by atoms with Crippen LogP contribution in [0.15, 0.2) is 195 Å². The summed E-state index contributed by atoms with van der Waals surface area (Å²) in [7, 11) is 2.54. The Morgan fingerprint density at radius 3 is 1.17 bits per heavy atom. The molecule has 0 atom stereocenters. The Labute approximate surface area is 470 Å². The summed E-state index contributed by atoms with van der Waals surface area (Å²) in [5.74, 6) is 2.96. The van der Waals surface area contributed by atoms with Gasteiger partial charge in [-0.2, -0.15) is 15.8 Å². The van der Waals surface area contributed by atoms with E-state index in [0.29, 0.717) is 74.6 Å². The molecule has 0 spiro atoms. The number of hydrogen-bond acceptors (Lipinski definition) is 20. The molecule has 3 aromatic heterocycles. The van der Waals surface area contributed by atoms with Crippen LogP contribution in [-0.4, -0.2) is 61.2 Å². The minimum absolute atomic E-state index is 0.0726. The highest BCUT2D eigenvalue weighted by molar-refractivity contribution is 6.16. The molecule has 0 aliphatic rings. The first-order valence-corrected chi connectivity index (χ1v) is 24.5. The van der Waals surface area contributed by atoms with Gasteiger partial charge in [0.1, 0.15) is 77.3 Å². The number of nitriles is 3. The molecule has 9 aromatic rings. The Morgan fingerprint density at radius 2 is 0.793 bits per heavy atom. The van der Waals surface area contributed by atoms with E-state index in [1.165, 1.54) is 45.3 Å². The number of methoxy groups -OCH3 is 2. The van der Waals surface area contributed by atoms with Crippen LogP contribution in [-0.2, 0) is 25.5 Å². The summed E-state index contributed by atoms with van der Waals surface area (Å²) in [4.78, 5) is 47.8. The number of aliphatic hydroxyl groups is 1. The number of para-hydroxylation sites is 6. The fourth-order valence-corrected chi connectivity index (χ4v) is 7.06. The van der Waals surface area contributed by atoms with Crippen molar-refractivity contribution in [2.75, 3.05) is 14.2 Å². The van der Waals surface area contributed by atoms with Crippen LogP contribution < -0.4 is 28.4 Å². The van der Waals surface area contributed by atoms with Gasteiger partial charge in [-0.3, -0.25) is 4.79 Å². The second kappa shape index (κ2) is 29.5. The van der Waals surface area contributed by atoms with Gasteiger partial charge in [-0.15, -0.1) is 0 Å². The molecule has 6 aromatic carbocycles. The highest BCUT2D eigenvalue weighted by atomic mass is 16.5. The molecule has 0 saturated heterocycles. The van der Waals surface area contributed by atoms with Gasteiger partial charge in [-0.1, -0.05) is 97.1 Å². The first-order valence-electron chi connectivity index (χ1n) is 24.5. The third-order valence-electron chi connectivity index (χ3n) is 11.2. The number of nitrogens with zero attached hydrogens (tertiary/aromatic N) is 9. The Bertz CT molecular complexity index is 3890. The molecule has 0 bridgehead atoms. The van der Waals surface area contributed by atoms with Crippen LogP contribution in [0.1, 0.15) is 47.2 Å². The molecule has 406 valence electrons. The van der Waals surface area contributed by atoms with Crippen LogP contribution in [0.25, 0.3) is 11.1 Å². The summed E-state index contributed by atoms with van der Waals surface area (Å²) in [5.41, 5.74) is 4.19. The van der Waals surface area contributed by atoms with Crippen molar-refractivity contribution in [2.24, 2.45) is 0 Å². The average molecular weight is 1090 g/mol. The van der Waals surface area contributed by atoms with E-state index < -0.39 is 5.97 Å². The summed E-state index contributed by atoms with van der Waals surface area (Å²) in [5, 5.41) is 36.9. The maximum atomic E-state index is 11.9. The number of esters is 2. The van der Waals surface area contributed by atoms with Gasteiger partial charge in [0.15, 0.2) is 0 Å². The standard InChI is InChI=1S/C21H15N3O5.C21H17N3O2.C20H15N3O4/c1-27-21(26)16(12-25)15-7-3-5-9-18(15)29-20-10-19(23-13-24-20)28-17-8-4-2-6-14(17)11-22;1-3-15(2)17-9-5-7-11-19(17)26-21-12-20(23-14-24-21)25-18-10-6-4-8-16(18)13-22;1-25-20(24)10-14-6-2-4-8-16(14)26-18-11-19(23-13-22-18)27-17-9-5-3-7-15(17)12-21/h2-10,12-13,25H,1H3;3-12,14H,1-2H3;2-9,11,13H,10H2,1H3/b16-12+;15-3-;. The van der Waals surface area contributed by atoms with Crippen molar-refractivity contribution in [1.29, 1.82) is 15.8 Å². The van der Waals surface area contributed by atoms with Gasteiger partial charge in [0.2, 0.25) is 35.3 Å². The predicted molar refractivity (Wildman–Crippen MR) is 297 cm³/mol. The number of benzene rings is 6. The van der Waals surface area contributed by atoms with Gasteiger partial charge in [0.05, 0.1) is 61.8 Å². The Morgan fingerprint density at radius 1 is 0.463 bits per heavy atom. The van der Waals surface area contributed by atoms with Crippen molar-refractivity contribution in [3.63, 3.8) is 0 Å². The van der Waals surface area contributed by atoms with Crippen molar-refractivity contribution in [1.82, 2.24) is 29.9 Å². The lowest BCUT2D eigenvalue weighted by molar-refractivity contribution is -0.139. The minimum Gasteiger partial charge on any atom is -0.515 e. The lowest BCUT2D eigenvalue weighted by atomic mass is 10.1. The van der Waals surface area contributed by atoms with Crippen LogP contribution in [0.5, 0.6) is 69.8 Å². The molecule has 0 aliphatic heterocycles. The number of carbonyl (C=O) groups excluding carboxylic acids is 2. The predicted octanol–water partition coefficient (Wildman–Crippen LogP) is 13.0. The van der Waals surface area contributed by atoms with Crippen LogP contribution in [0.2, 0.25) is 0 Å². The summed E-state index contributed by atoms with van der Waals surface area (Å²) >= 11 is 0. The molecule has 9 rings (SSSR count). The molecule has 0 saturated carbocycles. The van der Waals surface area contributed by atoms with Crippen molar-refractivity contribution < 1.29 is 52.6 Å². The molecule has 3 heterocycles. The van der Waals surface area contributed by atoms with E-state index in [9.17, 15) is 14.7 Å². The molecule has 0 amide bonds. The van der Waals surface area contributed by atoms with E-state index in [1.807, 2.05) is 50.3 Å². The number of rotatable bonds is 17. The highest BCUT2D eigenvalue weighted by Crippen LogP contribution is 2.34. The Hall–Kier alpha value is -12.0. The largest absolute Gasteiger partial charge is 0.515 e. The van der Waals surface area contributed by atoms with Crippen LogP contribution in [0.3, 0.4) is 0 Å². The third-order valence-corrected chi connectivity index (χ3v) is 11.2. The van der Waals surface area contributed by atoms with E-state index in [2.05, 4.69) is 46.8 Å². The maximum absolute atomic E-state index is 11.9. The molecule has 20 heteroatoms. The third kappa shape index (κ3) is 16.1. The number of allylic oxidation sites excluding steroid dienone is 2. The molecule has 0 unspecified atom stereocenters. The Kier molecular flexibility index (Phi) is 20.8. The summed E-state index contributed by atoms with van der Waals surface area (Å²) in [6.45, 7) is 4.00. The van der Waals surface area contributed by atoms with Crippen LogP contribution in [0, 0.1) is 34.0 Å². The van der Waals surface area contributed by atoms with Gasteiger partial charge < -0.3 is 43.0 Å². The van der Waals surface area contributed by atoms with Crippen molar-refractivity contribution in [3.05, 3.63) is 228 Å². The molecular weight excluding hydrogens is 1050 g/mol. The first kappa shape index (κ1) is 57.7. The van der Waals surface area contributed by atoms with Crippen molar-refractivity contribution in [2.45, 2.75) is 20.3 Å². The lowest BCUT2D eigenvalue weighted by Crippen LogP contribution is -2.05. The van der Waals surface area contributed by atoms with Crippen LogP contribution in [0.4, 0.5) is 0 Å². The molecular formula is C62H47N9O11.